The summed E-state index contributed by atoms with van der Waals surface area (Å²) in [5.41, 5.74) is -0.234. The smallest absolute Gasteiger partial charge is 0.109 e. The molecule has 2 rings (SSSR count). The number of hydrogen-bond donors (Lipinski definition) is 1. The van der Waals surface area contributed by atoms with Crippen LogP contribution in [0.2, 0.25) is 0 Å². The summed E-state index contributed by atoms with van der Waals surface area (Å²) in [4.78, 5) is 4.97. The summed E-state index contributed by atoms with van der Waals surface area (Å²) in [5.74, 6) is 0.540. The van der Waals surface area contributed by atoms with Crippen molar-refractivity contribution in [3.8, 4) is 6.07 Å². The van der Waals surface area contributed by atoms with Crippen molar-refractivity contribution < 1.29 is 0 Å². The Morgan fingerprint density at radius 1 is 1.30 bits per heavy atom. The van der Waals surface area contributed by atoms with Gasteiger partial charge in [0.05, 0.1) is 6.07 Å². The predicted octanol–water partition coefficient (Wildman–Crippen LogP) is 1.69. The number of piperazine rings is 1. The van der Waals surface area contributed by atoms with Gasteiger partial charge in [0.25, 0.3) is 0 Å². The molecule has 0 aromatic heterocycles. The Labute approximate surface area is 124 Å². The molecule has 2 fully saturated rings. The van der Waals surface area contributed by atoms with Gasteiger partial charge in [-0.1, -0.05) is 13.3 Å². The molecular weight excluding hydrogens is 248 g/mol. The molecule has 2 aliphatic rings. The van der Waals surface area contributed by atoms with Gasteiger partial charge >= 0.3 is 0 Å². The Balaban J connectivity index is 1.83. The summed E-state index contributed by atoms with van der Waals surface area (Å²) in [6, 6.07) is 2.62. The summed E-state index contributed by atoms with van der Waals surface area (Å²) in [5, 5.41) is 13.2. The van der Waals surface area contributed by atoms with Gasteiger partial charge in [0, 0.05) is 26.2 Å². The molecule has 0 radical (unpaired) electrons. The van der Waals surface area contributed by atoms with E-state index in [1.54, 1.807) is 0 Å². The van der Waals surface area contributed by atoms with Crippen molar-refractivity contribution in [2.45, 2.75) is 44.6 Å². The molecule has 4 heteroatoms. The number of hydrogen-bond acceptors (Lipinski definition) is 4. The molecule has 0 spiro atoms. The first-order valence-corrected chi connectivity index (χ1v) is 8.27. The molecule has 1 saturated heterocycles. The van der Waals surface area contributed by atoms with Crippen LogP contribution in [0.4, 0.5) is 0 Å². The molecule has 1 heterocycles. The van der Waals surface area contributed by atoms with E-state index in [-0.39, 0.29) is 5.54 Å². The molecule has 0 aromatic rings. The fourth-order valence-electron chi connectivity index (χ4n) is 3.65. The van der Waals surface area contributed by atoms with Crippen LogP contribution in [0, 0.1) is 17.2 Å². The Morgan fingerprint density at radius 3 is 2.70 bits per heavy atom. The summed E-state index contributed by atoms with van der Waals surface area (Å²) in [6.45, 7) is 9.04. The lowest BCUT2D eigenvalue weighted by atomic mass is 9.85. The number of likely N-dealkylation sites (N-methyl/N-ethyl adjacent to an activating group) is 1. The van der Waals surface area contributed by atoms with Crippen molar-refractivity contribution in [3.63, 3.8) is 0 Å². The zero-order chi connectivity index (χ0) is 14.4. The fraction of sp³-hybridized carbons (Fsp3) is 0.938. The van der Waals surface area contributed by atoms with Crippen LogP contribution in [0.5, 0.6) is 0 Å². The van der Waals surface area contributed by atoms with Gasteiger partial charge in [0.15, 0.2) is 0 Å². The summed E-state index contributed by atoms with van der Waals surface area (Å²) in [6.07, 6.45) is 5.75. The van der Waals surface area contributed by atoms with Gasteiger partial charge in [0.2, 0.25) is 0 Å². The number of rotatable bonds is 6. The van der Waals surface area contributed by atoms with E-state index in [9.17, 15) is 5.26 Å². The van der Waals surface area contributed by atoms with Crippen LogP contribution in [0.25, 0.3) is 0 Å². The second-order valence-corrected chi connectivity index (χ2v) is 6.53. The predicted molar refractivity (Wildman–Crippen MR) is 82.5 cm³/mol. The van der Waals surface area contributed by atoms with E-state index in [4.69, 9.17) is 0 Å². The maximum Gasteiger partial charge on any atom is 0.109 e. The molecule has 0 aromatic carbocycles. The van der Waals surface area contributed by atoms with E-state index in [0.29, 0.717) is 5.92 Å². The summed E-state index contributed by atoms with van der Waals surface area (Å²) < 4.78 is 0. The highest BCUT2D eigenvalue weighted by Gasteiger charge is 2.42. The lowest BCUT2D eigenvalue weighted by Gasteiger charge is -2.35. The van der Waals surface area contributed by atoms with E-state index in [2.05, 4.69) is 35.2 Å². The third-order valence-electron chi connectivity index (χ3n) is 5.10. The molecule has 1 aliphatic carbocycles. The lowest BCUT2D eigenvalue weighted by Crippen LogP contribution is -2.49. The van der Waals surface area contributed by atoms with Crippen LogP contribution in [0.3, 0.4) is 0 Å². The standard InChI is InChI=1S/C16H30N4/c1-3-8-18-16(14-17)7-4-5-15(16)6-9-20-12-10-19(2)11-13-20/h15,18H,3-13H2,1-2H3. The van der Waals surface area contributed by atoms with Crippen LogP contribution in [-0.2, 0) is 0 Å². The minimum atomic E-state index is -0.234. The number of nitrogens with one attached hydrogen (secondary N) is 1. The molecule has 2 atom stereocenters. The highest BCUT2D eigenvalue weighted by atomic mass is 15.2. The molecule has 1 N–H and O–H groups in total. The Hall–Kier alpha value is -0.630. The van der Waals surface area contributed by atoms with Gasteiger partial charge in [-0.2, -0.15) is 5.26 Å². The van der Waals surface area contributed by atoms with Crippen LogP contribution in [0.15, 0.2) is 0 Å². The Morgan fingerprint density at radius 2 is 2.05 bits per heavy atom. The molecule has 114 valence electrons. The van der Waals surface area contributed by atoms with Gasteiger partial charge in [-0.15, -0.1) is 0 Å². The van der Waals surface area contributed by atoms with Crippen molar-refractivity contribution in [1.82, 2.24) is 15.1 Å². The minimum absolute atomic E-state index is 0.234. The average molecular weight is 278 g/mol. The van der Waals surface area contributed by atoms with E-state index >= 15 is 0 Å². The second-order valence-electron chi connectivity index (χ2n) is 6.53. The van der Waals surface area contributed by atoms with Crippen molar-refractivity contribution in [1.29, 1.82) is 5.26 Å². The van der Waals surface area contributed by atoms with Crippen molar-refractivity contribution in [2.75, 3.05) is 46.3 Å². The number of nitrogens with zero attached hydrogens (tertiary/aromatic N) is 3. The Kier molecular flexibility index (Phi) is 5.83. The second kappa shape index (κ2) is 7.40. The first kappa shape index (κ1) is 15.8. The van der Waals surface area contributed by atoms with Crippen LogP contribution >= 0.6 is 0 Å². The maximum atomic E-state index is 9.65. The Bertz CT molecular complexity index is 330. The average Bonchev–Trinajstić information content (AvgIpc) is 2.88. The molecule has 0 bridgehead atoms. The van der Waals surface area contributed by atoms with Crippen molar-refractivity contribution >= 4 is 0 Å². The quantitative estimate of drug-likeness (QED) is 0.803. The van der Waals surface area contributed by atoms with Crippen LogP contribution in [0.1, 0.15) is 39.0 Å². The molecule has 2 unspecified atom stereocenters. The topological polar surface area (TPSA) is 42.3 Å². The minimum Gasteiger partial charge on any atom is -0.304 e. The highest BCUT2D eigenvalue weighted by Crippen LogP contribution is 2.37. The summed E-state index contributed by atoms with van der Waals surface area (Å²) >= 11 is 0. The fourth-order valence-corrected chi connectivity index (χ4v) is 3.65. The zero-order valence-corrected chi connectivity index (χ0v) is 13.2. The highest BCUT2D eigenvalue weighted by molar-refractivity contribution is 5.14. The van der Waals surface area contributed by atoms with Gasteiger partial charge in [0.1, 0.15) is 5.54 Å². The normalized spacial score (nSPS) is 32.4. The third-order valence-corrected chi connectivity index (χ3v) is 5.10. The molecule has 20 heavy (non-hydrogen) atoms. The molecule has 4 nitrogen and oxygen atoms in total. The van der Waals surface area contributed by atoms with Gasteiger partial charge in [-0.05, 0) is 51.7 Å². The van der Waals surface area contributed by atoms with E-state index in [1.165, 1.54) is 45.4 Å². The zero-order valence-electron chi connectivity index (χ0n) is 13.2. The maximum absolute atomic E-state index is 9.65. The lowest BCUT2D eigenvalue weighted by molar-refractivity contribution is 0.141. The third kappa shape index (κ3) is 3.72. The number of nitriles is 1. The first-order valence-electron chi connectivity index (χ1n) is 8.27. The van der Waals surface area contributed by atoms with Crippen LogP contribution in [-0.4, -0.2) is 61.7 Å². The van der Waals surface area contributed by atoms with Crippen molar-refractivity contribution in [3.05, 3.63) is 0 Å². The van der Waals surface area contributed by atoms with Gasteiger partial charge in [-0.25, -0.2) is 0 Å². The van der Waals surface area contributed by atoms with E-state index < -0.39 is 0 Å². The monoisotopic (exact) mass is 278 g/mol. The molecule has 1 saturated carbocycles. The molecular formula is C16H30N4. The largest absolute Gasteiger partial charge is 0.304 e. The molecule has 0 amide bonds. The van der Waals surface area contributed by atoms with Crippen molar-refractivity contribution in [2.24, 2.45) is 5.92 Å². The first-order chi connectivity index (χ1) is 9.70. The van der Waals surface area contributed by atoms with E-state index in [1.807, 2.05) is 0 Å². The van der Waals surface area contributed by atoms with E-state index in [0.717, 1.165) is 25.9 Å². The van der Waals surface area contributed by atoms with Gasteiger partial charge in [-0.3, -0.25) is 5.32 Å². The van der Waals surface area contributed by atoms with Crippen LogP contribution < -0.4 is 5.32 Å². The summed E-state index contributed by atoms with van der Waals surface area (Å²) in [7, 11) is 2.20. The van der Waals surface area contributed by atoms with Gasteiger partial charge < -0.3 is 9.80 Å². The SMILES string of the molecule is CCCNC1(C#N)CCCC1CCN1CCN(C)CC1. The molecule has 1 aliphatic heterocycles.